The van der Waals surface area contributed by atoms with Crippen LogP contribution in [-0.4, -0.2) is 28.9 Å². The Kier molecular flexibility index (Phi) is 5.20. The van der Waals surface area contributed by atoms with Crippen LogP contribution in [0.4, 0.5) is 0 Å². The zero-order chi connectivity index (χ0) is 14.3. The highest BCUT2D eigenvalue weighted by Gasteiger charge is 2.37. The summed E-state index contributed by atoms with van der Waals surface area (Å²) in [5.74, 6) is -2.13. The Hall–Kier alpha value is -2.21. The van der Waals surface area contributed by atoms with E-state index in [0.29, 0.717) is 0 Å². The fourth-order valence-corrected chi connectivity index (χ4v) is 1.35. The topological polar surface area (TPSA) is 107 Å². The minimum Gasteiger partial charge on any atom is -0.481 e. The first-order valence-electron chi connectivity index (χ1n) is 5.59. The summed E-state index contributed by atoms with van der Waals surface area (Å²) in [5.41, 5.74) is 4.20. The molecule has 19 heavy (non-hydrogen) atoms. The van der Waals surface area contributed by atoms with Gasteiger partial charge in [-0.15, -0.1) is 0 Å². The van der Waals surface area contributed by atoms with Crippen LogP contribution in [0.1, 0.15) is 18.4 Å². The minimum absolute atomic E-state index is 0.0344. The molecule has 101 valence electrons. The predicted molar refractivity (Wildman–Crippen MR) is 65.7 cm³/mol. The molecule has 1 rings (SSSR count). The highest BCUT2D eigenvalue weighted by atomic mass is 16.5. The number of ether oxygens (including phenoxy) is 1. The minimum atomic E-state index is -2.03. The molecule has 0 unspecified atom stereocenters. The molecule has 0 aliphatic rings. The van der Waals surface area contributed by atoms with Crippen LogP contribution in [0.5, 0.6) is 0 Å². The van der Waals surface area contributed by atoms with Crippen LogP contribution in [0.2, 0.25) is 0 Å². The van der Waals surface area contributed by atoms with Crippen molar-refractivity contribution in [3.63, 3.8) is 0 Å². The molecule has 3 N–H and O–H groups in total. The summed E-state index contributed by atoms with van der Waals surface area (Å²) in [6.07, 6.45) is 0.601. The largest absolute Gasteiger partial charge is 0.481 e. The Bertz CT molecular complexity index is 459. The number of nitrogens with two attached hydrogens (primary N) is 1. The molecule has 1 aromatic carbocycles. The van der Waals surface area contributed by atoms with Gasteiger partial charge in [0.2, 0.25) is 6.29 Å². The standard InChI is InChI=1S/C13H14NO5/c14-13(9-15,7-6-11(16)17)12(18)19-8-10-4-2-1-3-5-10/h1-5H,6-8,14H2,(H,16,17)/t13-/m0/s1. The molecular weight excluding hydrogens is 250 g/mol. The SMILES string of the molecule is N[C@]([C]=O)(CCC(=O)O)C(=O)OCc1ccccc1. The number of rotatable bonds is 7. The van der Waals surface area contributed by atoms with Gasteiger partial charge in [0.05, 0.1) is 0 Å². The molecule has 0 aromatic heterocycles. The van der Waals surface area contributed by atoms with Crippen LogP contribution in [0.15, 0.2) is 30.3 Å². The van der Waals surface area contributed by atoms with Gasteiger partial charge in [-0.3, -0.25) is 9.59 Å². The van der Waals surface area contributed by atoms with Gasteiger partial charge >= 0.3 is 11.9 Å². The lowest BCUT2D eigenvalue weighted by molar-refractivity contribution is -0.149. The van der Waals surface area contributed by atoms with Gasteiger partial charge < -0.3 is 15.6 Å². The summed E-state index contributed by atoms with van der Waals surface area (Å²) in [6, 6.07) is 8.84. The van der Waals surface area contributed by atoms with E-state index in [2.05, 4.69) is 0 Å². The van der Waals surface area contributed by atoms with Crippen LogP contribution in [0, 0.1) is 0 Å². The first-order chi connectivity index (χ1) is 8.98. The normalized spacial score (nSPS) is 13.3. The van der Waals surface area contributed by atoms with Crippen molar-refractivity contribution in [1.29, 1.82) is 0 Å². The van der Waals surface area contributed by atoms with Crippen LogP contribution >= 0.6 is 0 Å². The third-order valence-electron chi connectivity index (χ3n) is 2.49. The molecule has 0 fully saturated rings. The van der Waals surface area contributed by atoms with E-state index in [-0.39, 0.29) is 13.0 Å². The summed E-state index contributed by atoms with van der Waals surface area (Å²) in [7, 11) is 0. The van der Waals surface area contributed by atoms with E-state index >= 15 is 0 Å². The number of carbonyl (C=O) groups is 2. The number of carboxylic acids is 1. The lowest BCUT2D eigenvalue weighted by Gasteiger charge is -2.19. The zero-order valence-electron chi connectivity index (χ0n) is 10.2. The third-order valence-corrected chi connectivity index (χ3v) is 2.49. The maximum absolute atomic E-state index is 11.7. The van der Waals surface area contributed by atoms with E-state index in [1.54, 1.807) is 24.3 Å². The van der Waals surface area contributed by atoms with E-state index in [9.17, 15) is 14.4 Å². The van der Waals surface area contributed by atoms with Gasteiger partial charge in [-0.05, 0) is 12.0 Å². The van der Waals surface area contributed by atoms with Crippen LogP contribution in [0.25, 0.3) is 0 Å². The average molecular weight is 264 g/mol. The van der Waals surface area contributed by atoms with Crippen molar-refractivity contribution in [2.45, 2.75) is 25.0 Å². The van der Waals surface area contributed by atoms with E-state index < -0.39 is 23.9 Å². The van der Waals surface area contributed by atoms with Crippen molar-refractivity contribution >= 4 is 18.2 Å². The van der Waals surface area contributed by atoms with Crippen LogP contribution < -0.4 is 5.73 Å². The molecular formula is C13H14NO5. The zero-order valence-corrected chi connectivity index (χ0v) is 10.2. The number of hydrogen-bond acceptors (Lipinski definition) is 5. The number of hydrogen-bond donors (Lipinski definition) is 2. The quantitative estimate of drug-likeness (QED) is 0.545. The van der Waals surface area contributed by atoms with Gasteiger partial charge in [-0.25, -0.2) is 4.79 Å². The summed E-state index contributed by atoms with van der Waals surface area (Å²) >= 11 is 0. The van der Waals surface area contributed by atoms with Crippen molar-refractivity contribution in [2.24, 2.45) is 5.73 Å². The second-order valence-corrected chi connectivity index (χ2v) is 4.03. The molecule has 1 radical (unpaired) electrons. The Morgan fingerprint density at radius 2 is 1.95 bits per heavy atom. The van der Waals surface area contributed by atoms with Crippen LogP contribution in [-0.2, 0) is 25.7 Å². The maximum Gasteiger partial charge on any atom is 0.334 e. The Balaban J connectivity index is 2.58. The van der Waals surface area contributed by atoms with E-state index in [0.717, 1.165) is 5.56 Å². The molecule has 6 heteroatoms. The predicted octanol–water partition coefficient (Wildman–Crippen LogP) is 0.402. The molecule has 0 spiro atoms. The molecule has 6 nitrogen and oxygen atoms in total. The second kappa shape index (κ2) is 6.65. The lowest BCUT2D eigenvalue weighted by atomic mass is 9.97. The maximum atomic E-state index is 11.7. The molecule has 0 amide bonds. The summed E-state index contributed by atoms with van der Waals surface area (Å²) in [5, 5.41) is 8.52. The molecule has 0 bridgehead atoms. The number of carboxylic acid groups (broad SMARTS) is 1. The third kappa shape index (κ3) is 4.51. The average Bonchev–Trinajstić information content (AvgIpc) is 2.43. The van der Waals surface area contributed by atoms with E-state index in [1.165, 1.54) is 6.29 Å². The van der Waals surface area contributed by atoms with Gasteiger partial charge in [0.15, 0.2) is 5.54 Å². The highest BCUT2D eigenvalue weighted by molar-refractivity contribution is 5.98. The van der Waals surface area contributed by atoms with E-state index in [1.807, 2.05) is 6.07 Å². The van der Waals surface area contributed by atoms with Crippen molar-refractivity contribution in [2.75, 3.05) is 0 Å². The summed E-state index contributed by atoms with van der Waals surface area (Å²) < 4.78 is 4.90. The van der Waals surface area contributed by atoms with Crippen molar-refractivity contribution < 1.29 is 24.2 Å². The lowest BCUT2D eigenvalue weighted by Crippen LogP contribution is -2.50. The monoisotopic (exact) mass is 264 g/mol. The van der Waals surface area contributed by atoms with Crippen molar-refractivity contribution in [3.8, 4) is 0 Å². The number of benzene rings is 1. The number of esters is 1. The smallest absolute Gasteiger partial charge is 0.334 e. The molecule has 1 atom stereocenters. The molecule has 0 aliphatic carbocycles. The number of aliphatic carboxylic acids is 1. The van der Waals surface area contributed by atoms with E-state index in [4.69, 9.17) is 15.6 Å². The van der Waals surface area contributed by atoms with Crippen molar-refractivity contribution in [3.05, 3.63) is 35.9 Å². The first-order valence-corrected chi connectivity index (χ1v) is 5.59. The fraction of sp³-hybridized carbons (Fsp3) is 0.308. The molecule has 0 aliphatic heterocycles. The highest BCUT2D eigenvalue weighted by Crippen LogP contribution is 2.11. The van der Waals surface area contributed by atoms with Gasteiger partial charge in [0.25, 0.3) is 0 Å². The molecule has 1 aromatic rings. The Labute approximate surface area is 110 Å². The van der Waals surface area contributed by atoms with Gasteiger partial charge in [0, 0.05) is 6.42 Å². The fourth-order valence-electron chi connectivity index (χ4n) is 1.35. The Morgan fingerprint density at radius 1 is 1.32 bits per heavy atom. The second-order valence-electron chi connectivity index (χ2n) is 4.03. The molecule has 0 saturated carbocycles. The summed E-state index contributed by atoms with van der Waals surface area (Å²) in [4.78, 5) is 32.9. The first kappa shape index (κ1) is 14.8. The number of carbonyl (C=O) groups excluding carboxylic acids is 2. The van der Waals surface area contributed by atoms with Gasteiger partial charge in [0.1, 0.15) is 6.61 Å². The molecule has 0 heterocycles. The van der Waals surface area contributed by atoms with Crippen LogP contribution in [0.3, 0.4) is 0 Å². The van der Waals surface area contributed by atoms with Crippen molar-refractivity contribution in [1.82, 2.24) is 0 Å². The Morgan fingerprint density at radius 3 is 2.47 bits per heavy atom. The van der Waals surface area contributed by atoms with Gasteiger partial charge in [-0.1, -0.05) is 30.3 Å². The molecule has 0 saturated heterocycles. The summed E-state index contributed by atoms with van der Waals surface area (Å²) in [6.45, 7) is -0.0344. The van der Waals surface area contributed by atoms with Gasteiger partial charge in [-0.2, -0.15) is 0 Å².